The lowest BCUT2D eigenvalue weighted by atomic mass is 10.2. The molecule has 0 aliphatic rings. The molecule has 0 aliphatic carbocycles. The van der Waals surface area contributed by atoms with Gasteiger partial charge in [0.1, 0.15) is 0 Å². The fraction of sp³-hybridized carbons (Fsp3) is 1.00. The highest BCUT2D eigenvalue weighted by molar-refractivity contribution is 7.99. The second-order valence-electron chi connectivity index (χ2n) is 0.455. The minimum Gasteiger partial charge on any atom is -0.175 e. The molecule has 0 saturated carbocycles. The van der Waals surface area contributed by atoms with Crippen LogP contribution >= 0.6 is 11.8 Å². The van der Waals surface area contributed by atoms with E-state index in [1.807, 2.05) is 6.26 Å². The molecule has 0 bridgehead atoms. The fourth-order valence-corrected chi connectivity index (χ4v) is 0. The molecular formula is C2H5BS. The van der Waals surface area contributed by atoms with Crippen molar-refractivity contribution >= 4 is 19.6 Å². The summed E-state index contributed by atoms with van der Waals surface area (Å²) < 4.78 is 0. The smallest absolute Gasteiger partial charge is 0.0799 e. The number of hydrogen-bond donors (Lipinski definition) is 0. The maximum absolute atomic E-state index is 4.99. The second-order valence-corrected chi connectivity index (χ2v) is 1.37. The average Bonchev–Trinajstić information content (AvgIpc) is 1.37. The summed E-state index contributed by atoms with van der Waals surface area (Å²) in [7, 11) is 4.99. The molecule has 0 fully saturated rings. The summed E-state index contributed by atoms with van der Waals surface area (Å²) in [4.78, 5) is 0. The van der Waals surface area contributed by atoms with E-state index >= 15 is 0 Å². The zero-order chi connectivity index (χ0) is 3.41. The first-order valence-corrected chi connectivity index (χ1v) is 2.50. The SMILES string of the molecule is [B]CSC. The first kappa shape index (κ1) is 4.41. The lowest BCUT2D eigenvalue weighted by molar-refractivity contribution is 2.20. The van der Waals surface area contributed by atoms with E-state index in [9.17, 15) is 0 Å². The van der Waals surface area contributed by atoms with Crippen molar-refractivity contribution in [2.45, 2.75) is 0 Å². The highest BCUT2D eigenvalue weighted by Crippen LogP contribution is 1.80. The Hall–Kier alpha value is 0.415. The van der Waals surface area contributed by atoms with Gasteiger partial charge >= 0.3 is 0 Å². The Kier molecular flexibility index (Phi) is 3.77. The van der Waals surface area contributed by atoms with Gasteiger partial charge in [-0.3, -0.25) is 0 Å². The molecule has 2 heteroatoms. The maximum Gasteiger partial charge on any atom is 0.0799 e. The van der Waals surface area contributed by atoms with Gasteiger partial charge in [-0.15, -0.1) is 0 Å². The molecule has 0 amide bonds. The van der Waals surface area contributed by atoms with Crippen molar-refractivity contribution in [1.29, 1.82) is 0 Å². The Morgan fingerprint density at radius 1 is 2.00 bits per heavy atom. The van der Waals surface area contributed by atoms with Gasteiger partial charge in [-0.2, -0.15) is 11.8 Å². The van der Waals surface area contributed by atoms with Gasteiger partial charge in [0.25, 0.3) is 0 Å². The highest BCUT2D eigenvalue weighted by Gasteiger charge is 1.55. The van der Waals surface area contributed by atoms with Gasteiger partial charge in [-0.1, -0.05) is 0 Å². The van der Waals surface area contributed by atoms with Crippen LogP contribution in [-0.2, 0) is 0 Å². The van der Waals surface area contributed by atoms with Crippen LogP contribution in [0.1, 0.15) is 0 Å². The average molecular weight is 71.9 g/mol. The number of rotatable bonds is 1. The van der Waals surface area contributed by atoms with Gasteiger partial charge in [0.15, 0.2) is 0 Å². The van der Waals surface area contributed by atoms with Crippen molar-refractivity contribution in [2.75, 3.05) is 11.9 Å². The van der Waals surface area contributed by atoms with Crippen LogP contribution < -0.4 is 0 Å². The molecule has 0 heterocycles. The molecule has 0 aromatic carbocycles. The Morgan fingerprint density at radius 2 is 2.25 bits per heavy atom. The molecule has 0 rings (SSSR count). The standard InChI is InChI=1S/C2H5BS/c1-4-2-3/h2H2,1H3. The number of hydrogen-bond acceptors (Lipinski definition) is 1. The fourth-order valence-electron chi connectivity index (χ4n) is 0. The molecule has 0 nitrogen and oxygen atoms in total. The van der Waals surface area contributed by atoms with Crippen LogP contribution in [0.4, 0.5) is 0 Å². The maximum atomic E-state index is 4.99. The van der Waals surface area contributed by atoms with E-state index in [1.54, 1.807) is 11.8 Å². The Morgan fingerprint density at radius 3 is 2.25 bits per heavy atom. The van der Waals surface area contributed by atoms with Gasteiger partial charge in [-0.05, 0) is 11.9 Å². The predicted molar refractivity (Wildman–Crippen MR) is 24.1 cm³/mol. The first-order valence-electron chi connectivity index (χ1n) is 1.11. The largest absolute Gasteiger partial charge is 0.175 e. The zero-order valence-corrected chi connectivity index (χ0v) is 3.51. The molecule has 0 aliphatic heterocycles. The monoisotopic (exact) mass is 72.0 g/mol. The van der Waals surface area contributed by atoms with Crippen LogP contribution in [0.2, 0.25) is 0 Å². The van der Waals surface area contributed by atoms with Gasteiger partial charge in [-0.25, -0.2) is 0 Å². The Labute approximate surface area is 32.4 Å². The zero-order valence-electron chi connectivity index (χ0n) is 2.69. The van der Waals surface area contributed by atoms with Crippen molar-refractivity contribution in [3.63, 3.8) is 0 Å². The summed E-state index contributed by atoms with van der Waals surface area (Å²) >= 11 is 1.63. The third kappa shape index (κ3) is 2.41. The number of thioether (sulfide) groups is 1. The first-order chi connectivity index (χ1) is 1.91. The van der Waals surface area contributed by atoms with Crippen LogP contribution in [0.25, 0.3) is 0 Å². The second kappa shape index (κ2) is 3.41. The third-order valence-electron chi connectivity index (χ3n) is 0.167. The molecule has 0 unspecified atom stereocenters. The van der Waals surface area contributed by atoms with Gasteiger partial charge in [0, 0.05) is 0 Å². The molecule has 0 aromatic rings. The lowest BCUT2D eigenvalue weighted by Gasteiger charge is -1.69. The van der Waals surface area contributed by atoms with Gasteiger partial charge in [0.2, 0.25) is 0 Å². The molecule has 0 atom stereocenters. The van der Waals surface area contributed by atoms with Crippen molar-refractivity contribution < 1.29 is 0 Å². The predicted octanol–water partition coefficient (Wildman–Crippen LogP) is 0.475. The minimum absolute atomic E-state index is 0.736. The topological polar surface area (TPSA) is 0 Å². The third-order valence-corrected chi connectivity index (χ3v) is 0.500. The molecule has 0 N–H and O–H groups in total. The molecular weight excluding hydrogens is 66.9 g/mol. The van der Waals surface area contributed by atoms with Crippen molar-refractivity contribution in [3.05, 3.63) is 0 Å². The normalized spacial score (nSPS) is 7.25. The summed E-state index contributed by atoms with van der Waals surface area (Å²) in [6.07, 6.45) is 1.97. The van der Waals surface area contributed by atoms with Crippen LogP contribution in [0.15, 0.2) is 0 Å². The molecule has 0 spiro atoms. The van der Waals surface area contributed by atoms with Crippen LogP contribution in [0, 0.1) is 0 Å². The Balaban J connectivity index is 1.97. The summed E-state index contributed by atoms with van der Waals surface area (Å²) in [6.45, 7) is 0. The van der Waals surface area contributed by atoms with E-state index in [4.69, 9.17) is 7.85 Å². The van der Waals surface area contributed by atoms with Crippen LogP contribution in [-0.4, -0.2) is 19.8 Å². The quantitative estimate of drug-likeness (QED) is 0.406. The molecule has 4 heavy (non-hydrogen) atoms. The van der Waals surface area contributed by atoms with Crippen molar-refractivity contribution in [3.8, 4) is 0 Å². The van der Waals surface area contributed by atoms with Crippen molar-refractivity contribution in [1.82, 2.24) is 0 Å². The van der Waals surface area contributed by atoms with E-state index in [2.05, 4.69) is 0 Å². The van der Waals surface area contributed by atoms with Crippen LogP contribution in [0.5, 0.6) is 0 Å². The molecule has 0 saturated heterocycles. The van der Waals surface area contributed by atoms with Gasteiger partial charge < -0.3 is 0 Å². The highest BCUT2D eigenvalue weighted by atomic mass is 32.2. The van der Waals surface area contributed by atoms with E-state index in [1.165, 1.54) is 0 Å². The lowest BCUT2D eigenvalue weighted by Crippen LogP contribution is -1.63. The van der Waals surface area contributed by atoms with E-state index < -0.39 is 0 Å². The van der Waals surface area contributed by atoms with Gasteiger partial charge in [0.05, 0.1) is 7.85 Å². The summed E-state index contributed by atoms with van der Waals surface area (Å²) in [5, 5.41) is 0. The van der Waals surface area contributed by atoms with Crippen LogP contribution in [0.3, 0.4) is 0 Å². The molecule has 22 valence electrons. The summed E-state index contributed by atoms with van der Waals surface area (Å²) in [5.41, 5.74) is 0.736. The van der Waals surface area contributed by atoms with E-state index in [-0.39, 0.29) is 0 Å². The minimum atomic E-state index is 0.736. The molecule has 0 aromatic heterocycles. The van der Waals surface area contributed by atoms with E-state index in [0.29, 0.717) is 0 Å². The summed E-state index contributed by atoms with van der Waals surface area (Å²) in [6, 6.07) is 0. The van der Waals surface area contributed by atoms with Crippen molar-refractivity contribution in [2.24, 2.45) is 0 Å². The summed E-state index contributed by atoms with van der Waals surface area (Å²) in [5.74, 6) is 0. The Bertz CT molecular complexity index is 8.00. The molecule has 2 radical (unpaired) electrons. The van der Waals surface area contributed by atoms with E-state index in [0.717, 1.165) is 5.65 Å².